The standard InChI is InChI=1S/C13H15NO/c1-8(2)10-4-5-12-11(7-10)13(15)6-9(3)14-12/h4-8H,1-3H3,(H,14,15). The Kier molecular flexibility index (Phi) is 2.35. The largest absolute Gasteiger partial charge is 0.358 e. The Balaban J connectivity index is 2.77. The lowest BCUT2D eigenvalue weighted by atomic mass is 10.0. The minimum absolute atomic E-state index is 0.101. The van der Waals surface area contributed by atoms with E-state index < -0.39 is 0 Å². The molecular weight excluding hydrogens is 186 g/mol. The maximum atomic E-state index is 11.8. The molecule has 78 valence electrons. The molecule has 2 heteroatoms. The van der Waals surface area contributed by atoms with Crippen LogP contribution in [0.4, 0.5) is 0 Å². The number of hydrogen-bond donors (Lipinski definition) is 1. The SMILES string of the molecule is Cc1cc(=O)c2cc(C(C)C)ccc2[nH]1. The van der Waals surface area contributed by atoms with Crippen LogP contribution in [0.15, 0.2) is 29.1 Å². The second-order valence-corrected chi connectivity index (χ2v) is 4.28. The molecule has 1 aromatic heterocycles. The number of aryl methyl sites for hydroxylation is 1. The number of nitrogens with one attached hydrogen (secondary N) is 1. The average molecular weight is 201 g/mol. The summed E-state index contributed by atoms with van der Waals surface area (Å²) in [6.07, 6.45) is 0. The first-order chi connectivity index (χ1) is 7.08. The van der Waals surface area contributed by atoms with Gasteiger partial charge in [-0.1, -0.05) is 19.9 Å². The van der Waals surface area contributed by atoms with E-state index in [4.69, 9.17) is 0 Å². The van der Waals surface area contributed by atoms with E-state index in [9.17, 15) is 4.79 Å². The van der Waals surface area contributed by atoms with Gasteiger partial charge in [-0.3, -0.25) is 4.79 Å². The van der Waals surface area contributed by atoms with Gasteiger partial charge in [0.15, 0.2) is 5.43 Å². The number of benzene rings is 1. The van der Waals surface area contributed by atoms with Gasteiger partial charge < -0.3 is 4.98 Å². The Hall–Kier alpha value is -1.57. The van der Waals surface area contributed by atoms with Crippen molar-refractivity contribution >= 4 is 10.9 Å². The molecule has 2 nitrogen and oxygen atoms in total. The lowest BCUT2D eigenvalue weighted by molar-refractivity contribution is 0.868. The maximum Gasteiger partial charge on any atom is 0.189 e. The first kappa shape index (κ1) is 9.97. The van der Waals surface area contributed by atoms with Crippen LogP contribution in [0, 0.1) is 6.92 Å². The average Bonchev–Trinajstić information content (AvgIpc) is 2.16. The molecule has 0 aliphatic carbocycles. The Morgan fingerprint density at radius 1 is 1.20 bits per heavy atom. The summed E-state index contributed by atoms with van der Waals surface area (Å²) in [6.45, 7) is 6.16. The Bertz CT molecular complexity index is 552. The third kappa shape index (κ3) is 1.80. The van der Waals surface area contributed by atoms with E-state index in [2.05, 4.69) is 24.9 Å². The lowest BCUT2D eigenvalue weighted by Crippen LogP contribution is -2.03. The van der Waals surface area contributed by atoms with Crippen LogP contribution >= 0.6 is 0 Å². The minimum atomic E-state index is 0.101. The molecule has 0 amide bonds. The number of pyridine rings is 1. The quantitative estimate of drug-likeness (QED) is 0.756. The summed E-state index contributed by atoms with van der Waals surface area (Å²) in [6, 6.07) is 7.69. The first-order valence-electron chi connectivity index (χ1n) is 5.21. The van der Waals surface area contributed by atoms with E-state index >= 15 is 0 Å². The monoisotopic (exact) mass is 201 g/mol. The lowest BCUT2D eigenvalue weighted by Gasteiger charge is -2.06. The van der Waals surface area contributed by atoms with Crippen LogP contribution in [0.2, 0.25) is 0 Å². The molecule has 1 heterocycles. The fourth-order valence-electron chi connectivity index (χ4n) is 1.76. The number of fused-ring (bicyclic) bond motifs is 1. The molecule has 0 saturated heterocycles. The van der Waals surface area contributed by atoms with Crippen LogP contribution in [0.25, 0.3) is 10.9 Å². The summed E-state index contributed by atoms with van der Waals surface area (Å²) in [7, 11) is 0. The highest BCUT2D eigenvalue weighted by molar-refractivity contribution is 5.79. The molecule has 0 fully saturated rings. The summed E-state index contributed by atoms with van der Waals surface area (Å²) in [5, 5.41) is 0.784. The number of H-pyrrole nitrogens is 1. The van der Waals surface area contributed by atoms with Gasteiger partial charge in [-0.15, -0.1) is 0 Å². The number of hydrogen-bond acceptors (Lipinski definition) is 1. The maximum absolute atomic E-state index is 11.8. The van der Waals surface area contributed by atoms with Crippen molar-refractivity contribution in [3.05, 3.63) is 45.7 Å². The van der Waals surface area contributed by atoms with Crippen molar-refractivity contribution in [3.8, 4) is 0 Å². The molecule has 0 spiro atoms. The molecule has 0 atom stereocenters. The normalized spacial score (nSPS) is 11.2. The van der Waals surface area contributed by atoms with E-state index in [1.165, 1.54) is 5.56 Å². The van der Waals surface area contributed by atoms with E-state index in [0.29, 0.717) is 5.92 Å². The van der Waals surface area contributed by atoms with Gasteiger partial charge in [0.05, 0.1) is 0 Å². The predicted octanol–water partition coefficient (Wildman–Crippen LogP) is 2.96. The summed E-state index contributed by atoms with van der Waals surface area (Å²) >= 11 is 0. The van der Waals surface area contributed by atoms with Gasteiger partial charge in [-0.25, -0.2) is 0 Å². The number of aromatic nitrogens is 1. The fraction of sp³-hybridized carbons (Fsp3) is 0.308. The second-order valence-electron chi connectivity index (χ2n) is 4.28. The zero-order valence-corrected chi connectivity index (χ0v) is 9.29. The second kappa shape index (κ2) is 3.54. The molecule has 0 unspecified atom stereocenters. The van der Waals surface area contributed by atoms with Crippen LogP contribution in [0.5, 0.6) is 0 Å². The van der Waals surface area contributed by atoms with Crippen LogP contribution in [0.3, 0.4) is 0 Å². The van der Waals surface area contributed by atoms with Crippen LogP contribution < -0.4 is 5.43 Å². The summed E-state index contributed by atoms with van der Waals surface area (Å²) in [5.41, 5.74) is 3.13. The van der Waals surface area contributed by atoms with Gasteiger partial charge in [0.1, 0.15) is 0 Å². The third-order valence-electron chi connectivity index (χ3n) is 2.66. The van der Waals surface area contributed by atoms with Crippen molar-refractivity contribution in [2.45, 2.75) is 26.7 Å². The molecule has 0 aliphatic heterocycles. The molecule has 0 bridgehead atoms. The topological polar surface area (TPSA) is 32.9 Å². The molecule has 0 saturated carbocycles. The highest BCUT2D eigenvalue weighted by Crippen LogP contribution is 2.18. The van der Waals surface area contributed by atoms with Crippen molar-refractivity contribution in [1.29, 1.82) is 0 Å². The van der Waals surface area contributed by atoms with Gasteiger partial charge in [0.2, 0.25) is 0 Å². The van der Waals surface area contributed by atoms with Gasteiger partial charge in [-0.2, -0.15) is 0 Å². The van der Waals surface area contributed by atoms with E-state index in [1.54, 1.807) is 6.07 Å². The van der Waals surface area contributed by atoms with Gasteiger partial charge in [0.25, 0.3) is 0 Å². The highest BCUT2D eigenvalue weighted by atomic mass is 16.1. The Morgan fingerprint density at radius 3 is 2.60 bits per heavy atom. The summed E-state index contributed by atoms with van der Waals surface area (Å²) in [5.74, 6) is 0.454. The van der Waals surface area contributed by atoms with Gasteiger partial charge in [-0.05, 0) is 30.5 Å². The zero-order valence-electron chi connectivity index (χ0n) is 9.29. The number of aromatic amines is 1. The predicted molar refractivity (Wildman–Crippen MR) is 63.4 cm³/mol. The van der Waals surface area contributed by atoms with Crippen LogP contribution in [-0.2, 0) is 0 Å². The molecule has 1 aromatic carbocycles. The van der Waals surface area contributed by atoms with Crippen molar-refractivity contribution in [2.24, 2.45) is 0 Å². The van der Waals surface area contributed by atoms with Crippen molar-refractivity contribution in [2.75, 3.05) is 0 Å². The van der Waals surface area contributed by atoms with Crippen molar-refractivity contribution < 1.29 is 0 Å². The van der Waals surface area contributed by atoms with Gasteiger partial charge in [0, 0.05) is 22.7 Å². The molecule has 0 aliphatic rings. The summed E-state index contributed by atoms with van der Waals surface area (Å²) < 4.78 is 0. The smallest absolute Gasteiger partial charge is 0.189 e. The minimum Gasteiger partial charge on any atom is -0.358 e. The third-order valence-corrected chi connectivity index (χ3v) is 2.66. The fourth-order valence-corrected chi connectivity index (χ4v) is 1.76. The molecule has 2 aromatic rings. The van der Waals surface area contributed by atoms with E-state index in [-0.39, 0.29) is 5.43 Å². The van der Waals surface area contributed by atoms with Crippen molar-refractivity contribution in [3.63, 3.8) is 0 Å². The van der Waals surface area contributed by atoms with Crippen LogP contribution in [0.1, 0.15) is 31.0 Å². The Labute approximate surface area is 89.0 Å². The molecule has 0 radical (unpaired) electrons. The first-order valence-corrected chi connectivity index (χ1v) is 5.21. The zero-order chi connectivity index (χ0) is 11.0. The Morgan fingerprint density at radius 2 is 1.93 bits per heavy atom. The summed E-state index contributed by atoms with van der Waals surface area (Å²) in [4.78, 5) is 15.0. The van der Waals surface area contributed by atoms with Crippen molar-refractivity contribution in [1.82, 2.24) is 4.98 Å². The van der Waals surface area contributed by atoms with Gasteiger partial charge >= 0.3 is 0 Å². The number of rotatable bonds is 1. The van der Waals surface area contributed by atoms with E-state index in [0.717, 1.165) is 16.6 Å². The highest BCUT2D eigenvalue weighted by Gasteiger charge is 2.03. The van der Waals surface area contributed by atoms with E-state index in [1.807, 2.05) is 19.1 Å². The molecule has 2 rings (SSSR count). The molecule has 15 heavy (non-hydrogen) atoms. The molecule has 1 N–H and O–H groups in total. The molecular formula is C13H15NO. The van der Waals surface area contributed by atoms with Crippen LogP contribution in [-0.4, -0.2) is 4.98 Å².